The molecule has 2 N–H and O–H groups in total. The number of alkyl carbamates (subject to hydrolysis) is 1. The summed E-state index contributed by atoms with van der Waals surface area (Å²) >= 11 is 0. The number of benzene rings is 2. The molecule has 180 valence electrons. The minimum absolute atomic E-state index is 0.0302. The van der Waals surface area contributed by atoms with Crippen LogP contribution < -0.4 is 5.32 Å². The molecule has 1 saturated heterocycles. The van der Waals surface area contributed by atoms with E-state index in [9.17, 15) is 23.2 Å². The number of rotatable bonds is 8. The Bertz CT molecular complexity index is 1050. The van der Waals surface area contributed by atoms with Gasteiger partial charge in [0, 0.05) is 18.9 Å². The van der Waals surface area contributed by atoms with E-state index in [0.717, 1.165) is 22.3 Å². The van der Waals surface area contributed by atoms with Crippen molar-refractivity contribution in [2.45, 2.75) is 24.3 Å². The fourth-order valence-corrected chi connectivity index (χ4v) is 4.42. The molecular formula is C24H24F2N2O6. The number of likely N-dealkylation sites (tertiary alicyclic amines) is 1. The lowest BCUT2D eigenvalue weighted by atomic mass is 9.98. The van der Waals surface area contributed by atoms with Crippen LogP contribution in [0, 0.1) is 0 Å². The Hall–Kier alpha value is -3.53. The van der Waals surface area contributed by atoms with Gasteiger partial charge < -0.3 is 24.8 Å². The molecule has 0 radical (unpaired) electrons. The van der Waals surface area contributed by atoms with E-state index in [1.807, 2.05) is 48.5 Å². The smallest absolute Gasteiger partial charge is 0.407 e. The predicted molar refractivity (Wildman–Crippen MR) is 117 cm³/mol. The van der Waals surface area contributed by atoms with E-state index >= 15 is 0 Å². The first-order valence-corrected chi connectivity index (χ1v) is 10.8. The van der Waals surface area contributed by atoms with Crippen LogP contribution in [0.5, 0.6) is 0 Å². The molecule has 0 saturated carbocycles. The maximum absolute atomic E-state index is 13.5. The van der Waals surface area contributed by atoms with Crippen LogP contribution >= 0.6 is 0 Å². The van der Waals surface area contributed by atoms with E-state index < -0.39 is 49.5 Å². The zero-order valence-corrected chi connectivity index (χ0v) is 18.2. The van der Waals surface area contributed by atoms with Gasteiger partial charge in [-0.25, -0.2) is 18.4 Å². The van der Waals surface area contributed by atoms with Crippen LogP contribution in [0.2, 0.25) is 0 Å². The Morgan fingerprint density at radius 2 is 1.68 bits per heavy atom. The third-order valence-electron chi connectivity index (χ3n) is 5.96. The number of hydrogen-bond donors (Lipinski definition) is 2. The normalized spacial score (nSPS) is 18.3. The Labute approximate surface area is 194 Å². The van der Waals surface area contributed by atoms with Crippen LogP contribution in [0.25, 0.3) is 11.1 Å². The van der Waals surface area contributed by atoms with Crippen molar-refractivity contribution >= 4 is 18.0 Å². The number of carboxylic acids is 1. The molecule has 0 bridgehead atoms. The summed E-state index contributed by atoms with van der Waals surface area (Å²) in [5.74, 6) is -5.65. The molecule has 2 aliphatic rings. The highest BCUT2D eigenvalue weighted by Crippen LogP contribution is 2.44. The van der Waals surface area contributed by atoms with Crippen molar-refractivity contribution in [3.63, 3.8) is 0 Å². The summed E-state index contributed by atoms with van der Waals surface area (Å²) in [4.78, 5) is 35.9. The second-order valence-corrected chi connectivity index (χ2v) is 8.24. The van der Waals surface area contributed by atoms with E-state index in [0.29, 0.717) is 4.90 Å². The first-order chi connectivity index (χ1) is 16.3. The molecule has 0 aromatic heterocycles. The van der Waals surface area contributed by atoms with E-state index in [-0.39, 0.29) is 25.7 Å². The Morgan fingerprint density at radius 1 is 1.06 bits per heavy atom. The summed E-state index contributed by atoms with van der Waals surface area (Å²) in [5.41, 5.74) is 4.41. The number of halogens is 2. The first-order valence-electron chi connectivity index (χ1n) is 10.8. The molecule has 1 aliphatic carbocycles. The molecule has 2 aromatic rings. The fourth-order valence-electron chi connectivity index (χ4n) is 4.42. The van der Waals surface area contributed by atoms with Crippen LogP contribution in [0.15, 0.2) is 48.5 Å². The van der Waals surface area contributed by atoms with Crippen molar-refractivity contribution in [1.82, 2.24) is 10.2 Å². The highest BCUT2D eigenvalue weighted by Gasteiger charge is 2.50. The number of alkyl halides is 2. The number of ether oxygens (including phenoxy) is 2. The lowest BCUT2D eigenvalue weighted by Gasteiger charge is -2.20. The van der Waals surface area contributed by atoms with Gasteiger partial charge in [0.25, 0.3) is 5.92 Å². The number of nitrogens with one attached hydrogen (secondary N) is 1. The lowest BCUT2D eigenvalue weighted by molar-refractivity contribution is -0.150. The van der Waals surface area contributed by atoms with Gasteiger partial charge in [-0.2, -0.15) is 0 Å². The Morgan fingerprint density at radius 3 is 2.29 bits per heavy atom. The van der Waals surface area contributed by atoms with Crippen molar-refractivity contribution in [3.8, 4) is 11.1 Å². The maximum atomic E-state index is 13.5. The van der Waals surface area contributed by atoms with E-state index in [1.165, 1.54) is 0 Å². The number of aliphatic carboxylic acids is 1. The molecule has 2 aromatic carbocycles. The number of nitrogens with zero attached hydrogens (tertiary/aromatic N) is 1. The molecule has 1 fully saturated rings. The van der Waals surface area contributed by atoms with Crippen molar-refractivity contribution in [1.29, 1.82) is 0 Å². The zero-order valence-electron chi connectivity index (χ0n) is 18.2. The Balaban J connectivity index is 1.19. The third-order valence-corrected chi connectivity index (χ3v) is 5.96. The topological polar surface area (TPSA) is 105 Å². The summed E-state index contributed by atoms with van der Waals surface area (Å²) in [6, 6.07) is 14.3. The van der Waals surface area contributed by atoms with Crippen LogP contribution in [0.1, 0.15) is 23.5 Å². The standard InChI is InChI=1S/C24H24F2N2O6/c25-24(26)11-20(22(30)31)28(14-24)21(29)13-33-10-9-27-23(32)34-12-19-17-7-3-1-5-15(17)16-6-2-4-8-18(16)19/h1-8,19-20H,9-14H2,(H,27,32)(H,30,31). The van der Waals surface area contributed by atoms with Gasteiger partial charge in [0.05, 0.1) is 13.2 Å². The molecule has 10 heteroatoms. The molecule has 0 spiro atoms. The second-order valence-electron chi connectivity index (χ2n) is 8.24. The summed E-state index contributed by atoms with van der Waals surface area (Å²) in [5, 5.41) is 11.6. The summed E-state index contributed by atoms with van der Waals surface area (Å²) in [7, 11) is 0. The summed E-state index contributed by atoms with van der Waals surface area (Å²) in [6.45, 7) is -1.41. The van der Waals surface area contributed by atoms with E-state index in [2.05, 4.69) is 5.32 Å². The molecule has 34 heavy (non-hydrogen) atoms. The van der Waals surface area contributed by atoms with Gasteiger partial charge in [-0.05, 0) is 22.3 Å². The van der Waals surface area contributed by atoms with Gasteiger partial charge in [-0.15, -0.1) is 0 Å². The molecule has 1 unspecified atom stereocenters. The number of fused-ring (bicyclic) bond motifs is 3. The van der Waals surface area contributed by atoms with Crippen LogP contribution in [0.3, 0.4) is 0 Å². The van der Waals surface area contributed by atoms with E-state index in [1.54, 1.807) is 0 Å². The minimum Gasteiger partial charge on any atom is -0.480 e. The Kier molecular flexibility index (Phi) is 6.78. The van der Waals surface area contributed by atoms with Crippen molar-refractivity contribution in [3.05, 3.63) is 59.7 Å². The number of amides is 2. The largest absolute Gasteiger partial charge is 0.480 e. The van der Waals surface area contributed by atoms with Gasteiger partial charge in [-0.1, -0.05) is 48.5 Å². The summed E-state index contributed by atoms with van der Waals surface area (Å²) < 4.78 is 37.5. The quantitative estimate of drug-likeness (QED) is 0.570. The zero-order chi connectivity index (χ0) is 24.3. The average Bonchev–Trinajstić information content (AvgIpc) is 3.32. The van der Waals surface area contributed by atoms with Crippen molar-refractivity contribution < 1.29 is 37.7 Å². The number of carbonyl (C=O) groups is 3. The minimum atomic E-state index is -3.25. The first kappa shape index (κ1) is 23.6. The van der Waals surface area contributed by atoms with Gasteiger partial charge in [0.1, 0.15) is 19.3 Å². The second kappa shape index (κ2) is 9.76. The van der Waals surface area contributed by atoms with Crippen molar-refractivity contribution in [2.75, 3.05) is 32.9 Å². The van der Waals surface area contributed by atoms with Gasteiger partial charge in [0.15, 0.2) is 0 Å². The molecule has 4 rings (SSSR count). The maximum Gasteiger partial charge on any atom is 0.407 e. The highest BCUT2D eigenvalue weighted by molar-refractivity contribution is 5.85. The monoisotopic (exact) mass is 474 g/mol. The predicted octanol–water partition coefficient (Wildman–Crippen LogP) is 2.86. The van der Waals surface area contributed by atoms with Crippen LogP contribution in [-0.2, 0) is 19.1 Å². The molecule has 1 aliphatic heterocycles. The molecule has 8 nitrogen and oxygen atoms in total. The lowest BCUT2D eigenvalue weighted by Crippen LogP contribution is -2.43. The van der Waals surface area contributed by atoms with Crippen LogP contribution in [-0.4, -0.2) is 72.9 Å². The van der Waals surface area contributed by atoms with Crippen molar-refractivity contribution in [2.24, 2.45) is 0 Å². The average molecular weight is 474 g/mol. The van der Waals surface area contributed by atoms with Gasteiger partial charge in [0.2, 0.25) is 5.91 Å². The van der Waals surface area contributed by atoms with Gasteiger partial charge in [-0.3, -0.25) is 4.79 Å². The molecule has 1 atom stereocenters. The third kappa shape index (κ3) is 5.01. The summed E-state index contributed by atoms with van der Waals surface area (Å²) in [6.07, 6.45) is -1.57. The van der Waals surface area contributed by atoms with E-state index in [4.69, 9.17) is 14.6 Å². The van der Waals surface area contributed by atoms with Crippen LogP contribution in [0.4, 0.5) is 13.6 Å². The molecule has 1 heterocycles. The number of hydrogen-bond acceptors (Lipinski definition) is 5. The fraction of sp³-hybridized carbons (Fsp3) is 0.375. The van der Waals surface area contributed by atoms with Gasteiger partial charge >= 0.3 is 12.1 Å². The number of carboxylic acid groups (broad SMARTS) is 1. The molecular weight excluding hydrogens is 450 g/mol. The number of carbonyl (C=O) groups excluding carboxylic acids is 2. The molecule has 2 amide bonds. The SMILES string of the molecule is O=C(NCCOCC(=O)N1CC(F)(F)CC1C(=O)O)OCC1c2ccccc2-c2ccccc21. The highest BCUT2D eigenvalue weighted by atomic mass is 19.3.